The Hall–Kier alpha value is -1.61. The maximum absolute atomic E-state index is 12.1. The number of nitrogens with zero attached hydrogens (tertiary/aromatic N) is 2. The largest absolute Gasteiger partial charge is 0.299 e. The van der Waals surface area contributed by atoms with Crippen LogP contribution in [-0.2, 0) is 31.1 Å². The number of rotatable bonds is 7. The van der Waals surface area contributed by atoms with Gasteiger partial charge in [0.2, 0.25) is 0 Å². The third-order valence-corrected chi connectivity index (χ3v) is 4.07. The van der Waals surface area contributed by atoms with Gasteiger partial charge in [-0.15, -0.1) is 0 Å². The predicted octanol–water partition coefficient (Wildman–Crippen LogP) is 3.77. The quantitative estimate of drug-likeness (QED) is 0.780. The van der Waals surface area contributed by atoms with E-state index in [0.717, 1.165) is 30.7 Å². The minimum atomic E-state index is 0.221. The molecule has 0 aliphatic rings. The van der Waals surface area contributed by atoms with Gasteiger partial charge in [-0.25, -0.2) is 0 Å². The van der Waals surface area contributed by atoms with Crippen molar-refractivity contribution in [2.24, 2.45) is 7.05 Å². The first kappa shape index (κ1) is 15.8. The summed E-state index contributed by atoms with van der Waals surface area (Å²) >= 11 is 6.27. The standard InChI is InChI=1S/C17H21ClN2O/c1-3-15-17(18)16(20(2)19-15)12-14(21)11-7-10-13-8-5-4-6-9-13/h4-6,8-9H,3,7,10-12H2,1-2H3. The zero-order chi connectivity index (χ0) is 15.2. The third-order valence-electron chi connectivity index (χ3n) is 3.63. The second-order valence-corrected chi connectivity index (χ2v) is 5.62. The summed E-state index contributed by atoms with van der Waals surface area (Å²) in [7, 11) is 1.84. The second-order valence-electron chi connectivity index (χ2n) is 5.24. The van der Waals surface area contributed by atoms with Crippen LogP contribution in [0.15, 0.2) is 30.3 Å². The van der Waals surface area contributed by atoms with Crippen LogP contribution in [0.1, 0.15) is 36.7 Å². The third kappa shape index (κ3) is 4.18. The minimum Gasteiger partial charge on any atom is -0.299 e. The Morgan fingerprint density at radius 1 is 1.29 bits per heavy atom. The van der Waals surface area contributed by atoms with Gasteiger partial charge in [-0.1, -0.05) is 48.9 Å². The molecule has 0 bridgehead atoms. The molecule has 1 aromatic carbocycles. The van der Waals surface area contributed by atoms with Gasteiger partial charge in [-0.2, -0.15) is 5.10 Å². The summed E-state index contributed by atoms with van der Waals surface area (Å²) in [6, 6.07) is 10.2. The monoisotopic (exact) mass is 304 g/mol. The highest BCUT2D eigenvalue weighted by molar-refractivity contribution is 6.32. The lowest BCUT2D eigenvalue weighted by molar-refractivity contribution is -0.118. The van der Waals surface area contributed by atoms with Gasteiger partial charge in [0.25, 0.3) is 0 Å². The van der Waals surface area contributed by atoms with Crippen LogP contribution in [-0.4, -0.2) is 15.6 Å². The number of halogens is 1. The summed E-state index contributed by atoms with van der Waals surface area (Å²) in [6.07, 6.45) is 3.55. The number of Topliss-reactive ketones (excluding diaryl/α,β-unsaturated/α-hetero) is 1. The smallest absolute Gasteiger partial charge is 0.138 e. The van der Waals surface area contributed by atoms with Gasteiger partial charge in [0.05, 0.1) is 16.4 Å². The number of hydrogen-bond donors (Lipinski definition) is 0. The number of carbonyl (C=O) groups is 1. The molecule has 0 spiro atoms. The van der Waals surface area contributed by atoms with E-state index in [1.807, 2.05) is 32.2 Å². The van der Waals surface area contributed by atoms with Crippen LogP contribution in [0.3, 0.4) is 0 Å². The molecule has 2 rings (SSSR count). The van der Waals surface area contributed by atoms with E-state index in [0.29, 0.717) is 17.9 Å². The lowest BCUT2D eigenvalue weighted by atomic mass is 10.0. The molecule has 0 fully saturated rings. The van der Waals surface area contributed by atoms with Crippen LogP contribution in [0.2, 0.25) is 5.02 Å². The Balaban J connectivity index is 1.86. The summed E-state index contributed by atoms with van der Waals surface area (Å²) in [4.78, 5) is 12.1. The van der Waals surface area contributed by atoms with E-state index in [-0.39, 0.29) is 5.78 Å². The number of aryl methyl sites for hydroxylation is 3. The van der Waals surface area contributed by atoms with Gasteiger partial charge in [0.15, 0.2) is 0 Å². The summed E-state index contributed by atoms with van der Waals surface area (Å²) in [5, 5.41) is 4.99. The van der Waals surface area contributed by atoms with Gasteiger partial charge in [0, 0.05) is 19.9 Å². The van der Waals surface area contributed by atoms with E-state index >= 15 is 0 Å². The first-order valence-corrected chi connectivity index (χ1v) is 7.75. The fourth-order valence-electron chi connectivity index (χ4n) is 2.42. The van der Waals surface area contributed by atoms with Gasteiger partial charge in [-0.3, -0.25) is 9.48 Å². The Kier molecular flexibility index (Phi) is 5.57. The van der Waals surface area contributed by atoms with E-state index in [1.54, 1.807) is 4.68 Å². The van der Waals surface area contributed by atoms with Crippen molar-refractivity contribution < 1.29 is 4.79 Å². The molecule has 0 atom stereocenters. The normalized spacial score (nSPS) is 10.8. The molecule has 1 aromatic heterocycles. The maximum Gasteiger partial charge on any atom is 0.138 e. The van der Waals surface area contributed by atoms with Crippen LogP contribution in [0.4, 0.5) is 0 Å². The van der Waals surface area contributed by atoms with Crippen molar-refractivity contribution >= 4 is 17.4 Å². The molecule has 0 aliphatic carbocycles. The predicted molar refractivity (Wildman–Crippen MR) is 85.7 cm³/mol. The van der Waals surface area contributed by atoms with Crippen molar-refractivity contribution in [3.05, 3.63) is 52.3 Å². The SMILES string of the molecule is CCc1nn(C)c(CC(=O)CCCc2ccccc2)c1Cl. The lowest BCUT2D eigenvalue weighted by Crippen LogP contribution is -2.08. The topological polar surface area (TPSA) is 34.9 Å². The number of carbonyl (C=O) groups excluding carboxylic acids is 1. The number of benzene rings is 1. The Morgan fingerprint density at radius 3 is 2.62 bits per heavy atom. The minimum absolute atomic E-state index is 0.221. The zero-order valence-electron chi connectivity index (χ0n) is 12.6. The average molecular weight is 305 g/mol. The molecular weight excluding hydrogens is 284 g/mol. The molecule has 0 radical (unpaired) electrons. The summed E-state index contributed by atoms with van der Waals surface area (Å²) in [6.45, 7) is 2.01. The van der Waals surface area contributed by atoms with Crippen LogP contribution in [0.25, 0.3) is 0 Å². The molecule has 2 aromatic rings. The fraction of sp³-hybridized carbons (Fsp3) is 0.412. The van der Waals surface area contributed by atoms with Crippen LogP contribution < -0.4 is 0 Å². The fourth-order valence-corrected chi connectivity index (χ4v) is 2.78. The summed E-state index contributed by atoms with van der Waals surface area (Å²) in [5.74, 6) is 0.221. The molecular formula is C17H21ClN2O. The van der Waals surface area contributed by atoms with Crippen molar-refractivity contribution in [2.45, 2.75) is 39.0 Å². The molecule has 112 valence electrons. The van der Waals surface area contributed by atoms with Gasteiger partial charge >= 0.3 is 0 Å². The molecule has 0 saturated carbocycles. The zero-order valence-corrected chi connectivity index (χ0v) is 13.4. The lowest BCUT2D eigenvalue weighted by Gasteiger charge is -2.03. The van der Waals surface area contributed by atoms with Crippen molar-refractivity contribution in [1.29, 1.82) is 0 Å². The number of ketones is 1. The number of aromatic nitrogens is 2. The van der Waals surface area contributed by atoms with Crippen LogP contribution in [0, 0.1) is 0 Å². The Labute approximate surface area is 130 Å². The van der Waals surface area contributed by atoms with Gasteiger partial charge in [0.1, 0.15) is 5.78 Å². The molecule has 0 N–H and O–H groups in total. The molecule has 1 heterocycles. The van der Waals surface area contributed by atoms with Crippen molar-refractivity contribution in [2.75, 3.05) is 0 Å². The van der Waals surface area contributed by atoms with E-state index in [9.17, 15) is 4.79 Å². The van der Waals surface area contributed by atoms with Crippen LogP contribution in [0.5, 0.6) is 0 Å². The highest BCUT2D eigenvalue weighted by Crippen LogP contribution is 2.22. The summed E-state index contributed by atoms with van der Waals surface area (Å²) < 4.78 is 1.73. The number of hydrogen-bond acceptors (Lipinski definition) is 2. The highest BCUT2D eigenvalue weighted by atomic mass is 35.5. The molecule has 21 heavy (non-hydrogen) atoms. The van der Waals surface area contributed by atoms with Gasteiger partial charge < -0.3 is 0 Å². The van der Waals surface area contributed by atoms with Crippen molar-refractivity contribution in [3.63, 3.8) is 0 Å². The summed E-state index contributed by atoms with van der Waals surface area (Å²) in [5.41, 5.74) is 2.97. The van der Waals surface area contributed by atoms with Crippen molar-refractivity contribution in [1.82, 2.24) is 9.78 Å². The molecule has 0 unspecified atom stereocenters. The van der Waals surface area contributed by atoms with E-state index in [2.05, 4.69) is 17.2 Å². The molecule has 4 heteroatoms. The first-order valence-electron chi connectivity index (χ1n) is 7.37. The van der Waals surface area contributed by atoms with Crippen LogP contribution >= 0.6 is 11.6 Å². The Bertz CT molecular complexity index is 605. The first-order chi connectivity index (χ1) is 10.1. The van der Waals surface area contributed by atoms with E-state index in [4.69, 9.17) is 11.6 Å². The van der Waals surface area contributed by atoms with E-state index in [1.165, 1.54) is 5.56 Å². The second kappa shape index (κ2) is 7.41. The molecule has 0 amide bonds. The Morgan fingerprint density at radius 2 is 2.00 bits per heavy atom. The average Bonchev–Trinajstić information content (AvgIpc) is 2.76. The van der Waals surface area contributed by atoms with E-state index < -0.39 is 0 Å². The molecule has 0 saturated heterocycles. The maximum atomic E-state index is 12.1. The van der Waals surface area contributed by atoms with Gasteiger partial charge in [-0.05, 0) is 24.8 Å². The van der Waals surface area contributed by atoms with Crippen molar-refractivity contribution in [3.8, 4) is 0 Å². The molecule has 0 aliphatic heterocycles. The molecule has 3 nitrogen and oxygen atoms in total. The highest BCUT2D eigenvalue weighted by Gasteiger charge is 2.15.